The lowest BCUT2D eigenvalue weighted by atomic mass is 10.3. The summed E-state index contributed by atoms with van der Waals surface area (Å²) in [6.07, 6.45) is 2.70. The molecular weight excluding hydrogens is 294 g/mol. The lowest BCUT2D eigenvalue weighted by molar-refractivity contribution is 0.317. The highest BCUT2D eigenvalue weighted by atomic mass is 79.9. The Balaban J connectivity index is 1.99. The van der Waals surface area contributed by atoms with Gasteiger partial charge in [-0.3, -0.25) is 0 Å². The van der Waals surface area contributed by atoms with Crippen molar-refractivity contribution in [1.82, 2.24) is 4.98 Å². The molecule has 0 fully saturated rings. The Bertz CT molecular complexity index is 482. The second-order valence-electron chi connectivity index (χ2n) is 3.74. The fourth-order valence-electron chi connectivity index (χ4n) is 1.37. The fourth-order valence-corrected chi connectivity index (χ4v) is 1.60. The van der Waals surface area contributed by atoms with Gasteiger partial charge in [0.15, 0.2) is 0 Å². The van der Waals surface area contributed by atoms with Crippen LogP contribution in [0.1, 0.15) is 13.3 Å². The maximum absolute atomic E-state index is 5.61. The molecule has 0 aliphatic rings. The van der Waals surface area contributed by atoms with Crippen molar-refractivity contribution in [2.45, 2.75) is 13.3 Å². The van der Waals surface area contributed by atoms with Crippen LogP contribution in [0.3, 0.4) is 0 Å². The summed E-state index contributed by atoms with van der Waals surface area (Å²) >= 11 is 3.33. The molecule has 0 N–H and O–H groups in total. The zero-order valence-corrected chi connectivity index (χ0v) is 11.7. The van der Waals surface area contributed by atoms with Crippen molar-refractivity contribution in [3.63, 3.8) is 0 Å². The molecule has 1 heterocycles. The molecule has 1 aromatic heterocycles. The first-order valence-electron chi connectivity index (χ1n) is 5.80. The number of rotatable bonds is 5. The summed E-state index contributed by atoms with van der Waals surface area (Å²) in [5.74, 6) is 2.17. The molecule has 0 aliphatic heterocycles. The third-order valence-corrected chi connectivity index (χ3v) is 2.69. The predicted octanol–water partition coefficient (Wildman–Crippen LogP) is 4.43. The van der Waals surface area contributed by atoms with E-state index in [1.54, 1.807) is 6.20 Å². The Morgan fingerprint density at radius 2 is 1.78 bits per heavy atom. The summed E-state index contributed by atoms with van der Waals surface area (Å²) < 4.78 is 12.0. The molecule has 18 heavy (non-hydrogen) atoms. The van der Waals surface area contributed by atoms with Gasteiger partial charge in [0.25, 0.3) is 0 Å². The molecule has 1 aromatic carbocycles. The predicted molar refractivity (Wildman–Crippen MR) is 74.2 cm³/mol. The Labute approximate surface area is 115 Å². The van der Waals surface area contributed by atoms with E-state index in [0.717, 1.165) is 29.0 Å². The minimum atomic E-state index is 0.570. The maximum Gasteiger partial charge on any atom is 0.219 e. The van der Waals surface area contributed by atoms with Crippen LogP contribution in [-0.2, 0) is 0 Å². The summed E-state index contributed by atoms with van der Waals surface area (Å²) in [4.78, 5) is 4.15. The molecule has 2 aromatic rings. The summed E-state index contributed by atoms with van der Waals surface area (Å²) in [5, 5.41) is 0. The van der Waals surface area contributed by atoms with E-state index in [2.05, 4.69) is 27.8 Å². The van der Waals surface area contributed by atoms with Gasteiger partial charge in [-0.2, -0.15) is 0 Å². The van der Waals surface area contributed by atoms with Gasteiger partial charge in [-0.25, -0.2) is 4.98 Å². The number of aromatic nitrogens is 1. The topological polar surface area (TPSA) is 31.4 Å². The van der Waals surface area contributed by atoms with Crippen molar-refractivity contribution in [1.29, 1.82) is 0 Å². The van der Waals surface area contributed by atoms with Crippen LogP contribution in [0.5, 0.6) is 17.4 Å². The molecule has 0 spiro atoms. The van der Waals surface area contributed by atoms with Gasteiger partial charge in [0.05, 0.1) is 6.61 Å². The zero-order valence-electron chi connectivity index (χ0n) is 10.1. The fraction of sp³-hybridized carbons (Fsp3) is 0.214. The molecule has 0 saturated carbocycles. The number of benzene rings is 1. The van der Waals surface area contributed by atoms with Crippen molar-refractivity contribution < 1.29 is 9.47 Å². The highest BCUT2D eigenvalue weighted by Crippen LogP contribution is 2.23. The summed E-state index contributed by atoms with van der Waals surface area (Å²) in [7, 11) is 0. The Morgan fingerprint density at radius 3 is 2.39 bits per heavy atom. The van der Waals surface area contributed by atoms with E-state index in [4.69, 9.17) is 9.47 Å². The molecular formula is C14H14BrNO2. The Kier molecular flexibility index (Phi) is 4.59. The van der Waals surface area contributed by atoms with Gasteiger partial charge in [-0.1, -0.05) is 6.92 Å². The van der Waals surface area contributed by atoms with Gasteiger partial charge >= 0.3 is 0 Å². The van der Waals surface area contributed by atoms with Crippen LogP contribution in [0.25, 0.3) is 0 Å². The van der Waals surface area contributed by atoms with Gasteiger partial charge in [0, 0.05) is 16.7 Å². The maximum atomic E-state index is 5.61. The van der Waals surface area contributed by atoms with E-state index in [1.165, 1.54) is 0 Å². The second kappa shape index (κ2) is 6.40. The van der Waals surface area contributed by atoms with Gasteiger partial charge in [-0.15, -0.1) is 0 Å². The smallest absolute Gasteiger partial charge is 0.219 e. The average Bonchev–Trinajstić information content (AvgIpc) is 2.41. The van der Waals surface area contributed by atoms with Crippen LogP contribution in [-0.4, -0.2) is 11.6 Å². The Hall–Kier alpha value is -1.55. The van der Waals surface area contributed by atoms with E-state index >= 15 is 0 Å². The van der Waals surface area contributed by atoms with Gasteiger partial charge in [0.1, 0.15) is 11.5 Å². The van der Waals surface area contributed by atoms with Gasteiger partial charge in [-0.05, 0) is 52.7 Å². The highest BCUT2D eigenvalue weighted by molar-refractivity contribution is 9.10. The number of nitrogens with zero attached hydrogens (tertiary/aromatic N) is 1. The lowest BCUT2D eigenvalue weighted by Gasteiger charge is -2.07. The Morgan fingerprint density at radius 1 is 1.06 bits per heavy atom. The van der Waals surface area contributed by atoms with Crippen LogP contribution >= 0.6 is 15.9 Å². The molecule has 0 aliphatic carbocycles. The van der Waals surface area contributed by atoms with E-state index < -0.39 is 0 Å². The van der Waals surface area contributed by atoms with Crippen LogP contribution in [0.15, 0.2) is 47.1 Å². The first kappa shape index (κ1) is 12.9. The molecule has 94 valence electrons. The van der Waals surface area contributed by atoms with E-state index in [9.17, 15) is 0 Å². The van der Waals surface area contributed by atoms with E-state index in [1.807, 2.05) is 36.4 Å². The summed E-state index contributed by atoms with van der Waals surface area (Å²) in [6.45, 7) is 2.81. The van der Waals surface area contributed by atoms with Crippen molar-refractivity contribution in [3.8, 4) is 17.4 Å². The second-order valence-corrected chi connectivity index (χ2v) is 4.65. The molecule has 3 nitrogen and oxygen atoms in total. The molecule has 0 saturated heterocycles. The SMILES string of the molecule is CCCOc1ccc(Oc2ccc(Br)cn2)cc1. The summed E-state index contributed by atoms with van der Waals surface area (Å²) in [6, 6.07) is 11.2. The molecule has 0 radical (unpaired) electrons. The molecule has 2 rings (SSSR count). The standard InChI is InChI=1S/C14H14BrNO2/c1-2-9-17-12-4-6-13(7-5-12)18-14-8-3-11(15)10-16-14/h3-8,10H,2,9H2,1H3. The van der Waals surface area contributed by atoms with Crippen molar-refractivity contribution >= 4 is 15.9 Å². The average molecular weight is 308 g/mol. The third-order valence-electron chi connectivity index (χ3n) is 2.22. The normalized spacial score (nSPS) is 10.1. The highest BCUT2D eigenvalue weighted by Gasteiger charge is 1.99. The van der Waals surface area contributed by atoms with Crippen LogP contribution in [0.2, 0.25) is 0 Å². The van der Waals surface area contributed by atoms with Crippen molar-refractivity contribution in [2.75, 3.05) is 6.61 Å². The quantitative estimate of drug-likeness (QED) is 0.819. The third kappa shape index (κ3) is 3.74. The number of ether oxygens (including phenoxy) is 2. The zero-order chi connectivity index (χ0) is 12.8. The molecule has 0 bridgehead atoms. The first-order valence-corrected chi connectivity index (χ1v) is 6.59. The van der Waals surface area contributed by atoms with Crippen molar-refractivity contribution in [2.24, 2.45) is 0 Å². The number of hydrogen-bond acceptors (Lipinski definition) is 3. The van der Waals surface area contributed by atoms with Crippen LogP contribution < -0.4 is 9.47 Å². The molecule has 0 atom stereocenters. The largest absolute Gasteiger partial charge is 0.494 e. The van der Waals surface area contributed by atoms with Gasteiger partial charge in [0.2, 0.25) is 5.88 Å². The van der Waals surface area contributed by atoms with Crippen LogP contribution in [0, 0.1) is 0 Å². The molecule has 0 amide bonds. The number of halogens is 1. The van der Waals surface area contributed by atoms with Crippen molar-refractivity contribution in [3.05, 3.63) is 47.1 Å². The minimum absolute atomic E-state index is 0.570. The molecule has 4 heteroatoms. The minimum Gasteiger partial charge on any atom is -0.494 e. The van der Waals surface area contributed by atoms with Crippen LogP contribution in [0.4, 0.5) is 0 Å². The lowest BCUT2D eigenvalue weighted by Crippen LogP contribution is -1.94. The van der Waals surface area contributed by atoms with E-state index in [-0.39, 0.29) is 0 Å². The number of pyridine rings is 1. The first-order chi connectivity index (χ1) is 8.78. The van der Waals surface area contributed by atoms with Gasteiger partial charge < -0.3 is 9.47 Å². The summed E-state index contributed by atoms with van der Waals surface area (Å²) in [5.41, 5.74) is 0. The molecule has 0 unspecified atom stereocenters. The van der Waals surface area contributed by atoms with E-state index in [0.29, 0.717) is 5.88 Å². The number of hydrogen-bond donors (Lipinski definition) is 0. The monoisotopic (exact) mass is 307 g/mol.